The van der Waals surface area contributed by atoms with Gasteiger partial charge < -0.3 is 9.73 Å². The summed E-state index contributed by atoms with van der Waals surface area (Å²) >= 11 is 3.55. The molecule has 3 heteroatoms. The highest BCUT2D eigenvalue weighted by Crippen LogP contribution is 2.38. The van der Waals surface area contributed by atoms with E-state index in [-0.39, 0.29) is 0 Å². The van der Waals surface area contributed by atoms with Crippen molar-refractivity contribution in [2.24, 2.45) is 0 Å². The zero-order valence-electron chi connectivity index (χ0n) is 9.13. The van der Waals surface area contributed by atoms with E-state index >= 15 is 0 Å². The molecule has 1 saturated carbocycles. The van der Waals surface area contributed by atoms with Crippen LogP contribution in [0.25, 0.3) is 0 Å². The van der Waals surface area contributed by atoms with Crippen molar-refractivity contribution in [1.82, 2.24) is 5.32 Å². The molecule has 1 aliphatic carbocycles. The number of rotatable bonds is 4. The van der Waals surface area contributed by atoms with Crippen LogP contribution >= 0.6 is 15.9 Å². The first-order chi connectivity index (χ1) is 7.33. The molecule has 1 aromatic heterocycles. The van der Waals surface area contributed by atoms with Gasteiger partial charge in [-0.3, -0.25) is 0 Å². The summed E-state index contributed by atoms with van der Waals surface area (Å²) in [5.41, 5.74) is 0. The predicted octanol–water partition coefficient (Wildman–Crippen LogP) is 3.68. The van der Waals surface area contributed by atoms with Crippen molar-refractivity contribution in [3.8, 4) is 0 Å². The van der Waals surface area contributed by atoms with Crippen molar-refractivity contribution in [2.45, 2.75) is 44.6 Å². The molecular formula is C12H18BrNO. The molecule has 15 heavy (non-hydrogen) atoms. The van der Waals surface area contributed by atoms with Gasteiger partial charge in [0.1, 0.15) is 5.76 Å². The molecule has 0 aromatic carbocycles. The molecule has 0 aliphatic heterocycles. The van der Waals surface area contributed by atoms with Gasteiger partial charge in [-0.25, -0.2) is 0 Å². The minimum Gasteiger partial charge on any atom is -0.468 e. The first kappa shape index (κ1) is 11.2. The maximum atomic E-state index is 5.57. The van der Waals surface area contributed by atoms with Crippen LogP contribution in [0.1, 0.15) is 44.3 Å². The fraction of sp³-hybridized carbons (Fsp3) is 0.667. The molecular weight excluding hydrogens is 254 g/mol. The fourth-order valence-electron chi connectivity index (χ4n) is 2.42. The van der Waals surface area contributed by atoms with Crippen LogP contribution in [0.15, 0.2) is 21.2 Å². The summed E-state index contributed by atoms with van der Waals surface area (Å²) in [6, 6.07) is 2.59. The Kier molecular flexibility index (Phi) is 3.87. The normalized spacial score (nSPS) is 26.0. The molecule has 2 rings (SSSR count). The lowest BCUT2D eigenvalue weighted by Crippen LogP contribution is -2.31. The summed E-state index contributed by atoms with van der Waals surface area (Å²) in [4.78, 5) is 0. The van der Waals surface area contributed by atoms with Gasteiger partial charge in [-0.1, -0.05) is 13.3 Å². The quantitative estimate of drug-likeness (QED) is 0.904. The summed E-state index contributed by atoms with van der Waals surface area (Å²) in [5.74, 6) is 1.68. The maximum absolute atomic E-state index is 5.57. The smallest absolute Gasteiger partial charge is 0.122 e. The average Bonchev–Trinajstić information content (AvgIpc) is 2.82. The minimum absolute atomic E-state index is 0.556. The molecule has 1 aliphatic rings. The van der Waals surface area contributed by atoms with Gasteiger partial charge in [-0.05, 0) is 47.8 Å². The van der Waals surface area contributed by atoms with Crippen molar-refractivity contribution >= 4 is 15.9 Å². The first-order valence-corrected chi connectivity index (χ1v) is 6.58. The summed E-state index contributed by atoms with van der Waals surface area (Å²) in [7, 11) is 0. The van der Waals surface area contributed by atoms with Crippen molar-refractivity contribution < 1.29 is 4.42 Å². The number of furan rings is 1. The predicted molar refractivity (Wildman–Crippen MR) is 65.1 cm³/mol. The lowest BCUT2D eigenvalue weighted by atomic mass is 10.0. The zero-order valence-corrected chi connectivity index (χ0v) is 10.7. The van der Waals surface area contributed by atoms with E-state index in [1.807, 2.05) is 6.07 Å². The second-order valence-corrected chi connectivity index (χ2v) is 5.09. The van der Waals surface area contributed by atoms with Gasteiger partial charge in [-0.2, -0.15) is 0 Å². The number of hydrogen-bond donors (Lipinski definition) is 1. The van der Waals surface area contributed by atoms with E-state index in [0.29, 0.717) is 12.0 Å². The van der Waals surface area contributed by atoms with Crippen molar-refractivity contribution in [3.63, 3.8) is 0 Å². The standard InChI is InChI=1S/C12H18BrNO/c1-2-7-14-11-5-3-4-9(11)12-10(13)6-8-15-12/h6,8-9,11,14H,2-5,7H2,1H3. The molecule has 0 radical (unpaired) electrons. The van der Waals surface area contributed by atoms with E-state index in [9.17, 15) is 0 Å². The fourth-order valence-corrected chi connectivity index (χ4v) is 2.91. The van der Waals surface area contributed by atoms with Crippen LogP contribution in [-0.4, -0.2) is 12.6 Å². The van der Waals surface area contributed by atoms with E-state index in [4.69, 9.17) is 4.42 Å². The molecule has 2 atom stereocenters. The molecule has 0 spiro atoms. The Labute approximate surface area is 99.6 Å². The third kappa shape index (κ3) is 2.45. The summed E-state index contributed by atoms with van der Waals surface area (Å²) in [6.07, 6.45) is 6.79. The third-order valence-electron chi connectivity index (χ3n) is 3.15. The number of halogens is 1. The molecule has 0 amide bonds. The Hall–Kier alpha value is -0.280. The molecule has 2 unspecified atom stereocenters. The van der Waals surface area contributed by atoms with Gasteiger partial charge in [0.25, 0.3) is 0 Å². The molecule has 1 fully saturated rings. The van der Waals surface area contributed by atoms with E-state index in [1.165, 1.54) is 25.7 Å². The van der Waals surface area contributed by atoms with E-state index < -0.39 is 0 Å². The van der Waals surface area contributed by atoms with Gasteiger partial charge in [0, 0.05) is 12.0 Å². The minimum atomic E-state index is 0.556. The molecule has 84 valence electrons. The molecule has 1 heterocycles. The van der Waals surface area contributed by atoms with Crippen LogP contribution in [0.4, 0.5) is 0 Å². The molecule has 1 N–H and O–H groups in total. The lowest BCUT2D eigenvalue weighted by Gasteiger charge is -2.19. The Balaban J connectivity index is 2.04. The Morgan fingerprint density at radius 3 is 3.07 bits per heavy atom. The molecule has 0 bridgehead atoms. The third-order valence-corrected chi connectivity index (χ3v) is 3.81. The van der Waals surface area contributed by atoms with E-state index in [0.717, 1.165) is 16.8 Å². The summed E-state index contributed by atoms with van der Waals surface area (Å²) in [6.45, 7) is 3.32. The second-order valence-electron chi connectivity index (χ2n) is 4.23. The SMILES string of the molecule is CCCNC1CCCC1c1occc1Br. The van der Waals surface area contributed by atoms with Crippen molar-refractivity contribution in [3.05, 3.63) is 22.6 Å². The van der Waals surface area contributed by atoms with Crippen LogP contribution in [0.2, 0.25) is 0 Å². The van der Waals surface area contributed by atoms with Crippen LogP contribution in [0.3, 0.4) is 0 Å². The average molecular weight is 272 g/mol. The van der Waals surface area contributed by atoms with Crippen molar-refractivity contribution in [2.75, 3.05) is 6.54 Å². The first-order valence-electron chi connectivity index (χ1n) is 5.79. The Morgan fingerprint density at radius 2 is 2.40 bits per heavy atom. The van der Waals surface area contributed by atoms with Gasteiger partial charge >= 0.3 is 0 Å². The monoisotopic (exact) mass is 271 g/mol. The lowest BCUT2D eigenvalue weighted by molar-refractivity contribution is 0.401. The van der Waals surface area contributed by atoms with Crippen LogP contribution in [0, 0.1) is 0 Å². The summed E-state index contributed by atoms with van der Waals surface area (Å²) < 4.78 is 6.69. The number of hydrogen-bond acceptors (Lipinski definition) is 2. The van der Waals surface area contributed by atoms with Crippen molar-refractivity contribution in [1.29, 1.82) is 0 Å². The Bertz CT molecular complexity index is 310. The van der Waals surface area contributed by atoms with E-state index in [2.05, 4.69) is 28.2 Å². The molecule has 1 aromatic rings. The maximum Gasteiger partial charge on any atom is 0.122 e. The highest BCUT2D eigenvalue weighted by molar-refractivity contribution is 9.10. The van der Waals surface area contributed by atoms with Crippen LogP contribution < -0.4 is 5.32 Å². The largest absolute Gasteiger partial charge is 0.468 e. The van der Waals surface area contributed by atoms with Crippen LogP contribution in [-0.2, 0) is 0 Å². The van der Waals surface area contributed by atoms with Gasteiger partial charge in [0.2, 0.25) is 0 Å². The van der Waals surface area contributed by atoms with Crippen LogP contribution in [0.5, 0.6) is 0 Å². The zero-order chi connectivity index (χ0) is 10.7. The number of nitrogens with one attached hydrogen (secondary N) is 1. The summed E-state index contributed by atoms with van der Waals surface area (Å²) in [5, 5.41) is 3.62. The van der Waals surface area contributed by atoms with Gasteiger partial charge in [0.15, 0.2) is 0 Å². The van der Waals surface area contributed by atoms with E-state index in [1.54, 1.807) is 6.26 Å². The highest BCUT2D eigenvalue weighted by Gasteiger charge is 2.31. The topological polar surface area (TPSA) is 25.2 Å². The molecule has 0 saturated heterocycles. The Morgan fingerprint density at radius 1 is 1.53 bits per heavy atom. The molecule has 2 nitrogen and oxygen atoms in total. The highest BCUT2D eigenvalue weighted by atomic mass is 79.9. The second kappa shape index (κ2) is 5.17. The van der Waals surface area contributed by atoms with Gasteiger partial charge in [0.05, 0.1) is 10.7 Å². The van der Waals surface area contributed by atoms with Gasteiger partial charge in [-0.15, -0.1) is 0 Å².